The quantitative estimate of drug-likeness (QED) is 0.153. The standard InChI is InChI=1S/C58H38N2/c1-2-18-45(19-3-1)59(46-30-32-47(33-31-46)60-55-24-12-10-20-49(55)50-21-11-13-25-56(50)60)48-34-35-53-54(38-48)58(44-29-27-40-15-5-7-17-42(40)37-44)52-23-9-8-22-51(52)57(53)43-28-26-39-14-4-6-16-41(39)36-43/h1-38H. The molecule has 2 heteroatoms. The van der Waals surface area contributed by atoms with Gasteiger partial charge in [0.2, 0.25) is 0 Å². The molecular weight excluding hydrogens is 725 g/mol. The van der Waals surface area contributed by atoms with Crippen LogP contribution in [-0.2, 0) is 0 Å². The molecule has 0 aliphatic heterocycles. The number of benzene rings is 11. The van der Waals surface area contributed by atoms with Crippen LogP contribution >= 0.6 is 0 Å². The zero-order valence-corrected chi connectivity index (χ0v) is 32.8. The molecule has 12 aromatic rings. The largest absolute Gasteiger partial charge is 0.310 e. The molecule has 280 valence electrons. The van der Waals surface area contributed by atoms with Crippen molar-refractivity contribution in [3.63, 3.8) is 0 Å². The average Bonchev–Trinajstić information content (AvgIpc) is 3.65. The summed E-state index contributed by atoms with van der Waals surface area (Å²) in [6.07, 6.45) is 0. The molecule has 0 bridgehead atoms. The molecule has 0 aliphatic carbocycles. The summed E-state index contributed by atoms with van der Waals surface area (Å²) in [7, 11) is 0. The van der Waals surface area contributed by atoms with Gasteiger partial charge in [0.05, 0.1) is 11.0 Å². The highest BCUT2D eigenvalue weighted by Gasteiger charge is 2.21. The first-order valence-electron chi connectivity index (χ1n) is 20.7. The van der Waals surface area contributed by atoms with Gasteiger partial charge in [-0.2, -0.15) is 0 Å². The molecule has 0 saturated heterocycles. The zero-order valence-electron chi connectivity index (χ0n) is 32.8. The van der Waals surface area contributed by atoms with Crippen LogP contribution < -0.4 is 4.90 Å². The van der Waals surface area contributed by atoms with Gasteiger partial charge in [0.1, 0.15) is 0 Å². The van der Waals surface area contributed by atoms with E-state index in [0.29, 0.717) is 0 Å². The summed E-state index contributed by atoms with van der Waals surface area (Å²) in [6.45, 7) is 0. The Kier molecular flexibility index (Phi) is 7.89. The third kappa shape index (κ3) is 5.50. The van der Waals surface area contributed by atoms with Gasteiger partial charge < -0.3 is 9.47 Å². The van der Waals surface area contributed by atoms with E-state index >= 15 is 0 Å². The van der Waals surface area contributed by atoms with E-state index in [1.807, 2.05) is 0 Å². The third-order valence-electron chi connectivity index (χ3n) is 12.3. The summed E-state index contributed by atoms with van der Waals surface area (Å²) in [5.74, 6) is 0. The molecule has 1 aromatic heterocycles. The van der Waals surface area contributed by atoms with Crippen molar-refractivity contribution >= 4 is 82.0 Å². The molecule has 0 radical (unpaired) electrons. The number of nitrogens with zero attached hydrogens (tertiary/aromatic N) is 2. The molecule has 60 heavy (non-hydrogen) atoms. The van der Waals surface area contributed by atoms with Gasteiger partial charge >= 0.3 is 0 Å². The number of para-hydroxylation sites is 3. The average molecular weight is 763 g/mol. The maximum Gasteiger partial charge on any atom is 0.0541 e. The molecule has 0 fully saturated rings. The van der Waals surface area contributed by atoms with E-state index < -0.39 is 0 Å². The lowest BCUT2D eigenvalue weighted by atomic mass is 9.85. The number of hydrogen-bond donors (Lipinski definition) is 0. The lowest BCUT2D eigenvalue weighted by Crippen LogP contribution is -2.10. The summed E-state index contributed by atoms with van der Waals surface area (Å²) in [4.78, 5) is 2.39. The van der Waals surface area contributed by atoms with Crippen molar-refractivity contribution in [2.45, 2.75) is 0 Å². The fourth-order valence-electron chi connectivity index (χ4n) is 9.59. The Hall–Kier alpha value is -7.94. The minimum Gasteiger partial charge on any atom is -0.310 e. The van der Waals surface area contributed by atoms with Crippen molar-refractivity contribution in [3.8, 4) is 27.9 Å². The first kappa shape index (κ1) is 34.1. The molecule has 0 aliphatic rings. The molecule has 0 spiro atoms. The summed E-state index contributed by atoms with van der Waals surface area (Å²) in [6, 6.07) is 84.4. The van der Waals surface area contributed by atoms with E-state index in [-0.39, 0.29) is 0 Å². The van der Waals surface area contributed by atoms with Gasteiger partial charge in [0.15, 0.2) is 0 Å². The Bertz CT molecular complexity index is 3540. The van der Waals surface area contributed by atoms with E-state index in [2.05, 4.69) is 240 Å². The maximum atomic E-state index is 2.42. The topological polar surface area (TPSA) is 8.17 Å². The first-order valence-corrected chi connectivity index (χ1v) is 20.7. The van der Waals surface area contributed by atoms with Crippen molar-refractivity contribution in [1.82, 2.24) is 4.57 Å². The van der Waals surface area contributed by atoms with E-state index in [4.69, 9.17) is 0 Å². The Balaban J connectivity index is 1.10. The second-order valence-electron chi connectivity index (χ2n) is 15.7. The van der Waals surface area contributed by atoms with Crippen molar-refractivity contribution < 1.29 is 0 Å². The van der Waals surface area contributed by atoms with Crippen LogP contribution in [0, 0.1) is 0 Å². The lowest BCUT2D eigenvalue weighted by Gasteiger charge is -2.27. The van der Waals surface area contributed by atoms with E-state index in [1.165, 1.54) is 87.1 Å². The van der Waals surface area contributed by atoms with Crippen LogP contribution in [0.4, 0.5) is 17.1 Å². The molecule has 0 amide bonds. The normalized spacial score (nSPS) is 11.7. The van der Waals surface area contributed by atoms with E-state index in [9.17, 15) is 0 Å². The molecule has 0 saturated carbocycles. The Labute approximate surface area is 348 Å². The first-order chi connectivity index (χ1) is 29.8. The molecular formula is C58H38N2. The van der Waals surface area contributed by atoms with Crippen molar-refractivity contribution in [3.05, 3.63) is 231 Å². The van der Waals surface area contributed by atoms with Gasteiger partial charge in [0.25, 0.3) is 0 Å². The summed E-state index contributed by atoms with van der Waals surface area (Å²) >= 11 is 0. The van der Waals surface area contributed by atoms with E-state index in [0.717, 1.165) is 22.7 Å². The van der Waals surface area contributed by atoms with Crippen LogP contribution in [0.5, 0.6) is 0 Å². The lowest BCUT2D eigenvalue weighted by molar-refractivity contribution is 1.17. The SMILES string of the molecule is c1ccc(N(c2ccc(-n3c4ccccc4c4ccccc43)cc2)c2ccc3c(-c4ccc5ccccc5c4)c4ccccc4c(-c4ccc5ccccc5c4)c3c2)cc1. The number of fused-ring (bicyclic) bond motifs is 7. The van der Waals surface area contributed by atoms with Crippen LogP contribution in [0.15, 0.2) is 231 Å². The molecule has 11 aromatic carbocycles. The number of rotatable bonds is 6. The zero-order chi connectivity index (χ0) is 39.6. The van der Waals surface area contributed by atoms with Crippen LogP contribution in [0.1, 0.15) is 0 Å². The highest BCUT2D eigenvalue weighted by atomic mass is 15.1. The third-order valence-corrected chi connectivity index (χ3v) is 12.3. The predicted molar refractivity (Wildman–Crippen MR) is 256 cm³/mol. The Morgan fingerprint density at radius 3 is 1.28 bits per heavy atom. The minimum absolute atomic E-state index is 1.09. The van der Waals surface area contributed by atoms with Crippen molar-refractivity contribution in [2.24, 2.45) is 0 Å². The second kappa shape index (κ2) is 13.9. The van der Waals surface area contributed by atoms with Gasteiger partial charge in [-0.1, -0.05) is 158 Å². The number of aromatic nitrogens is 1. The molecule has 1 heterocycles. The fourth-order valence-corrected chi connectivity index (χ4v) is 9.59. The summed E-state index contributed by atoms with van der Waals surface area (Å²) in [5.41, 5.74) is 11.8. The van der Waals surface area contributed by atoms with Crippen LogP contribution in [-0.4, -0.2) is 4.57 Å². The van der Waals surface area contributed by atoms with Gasteiger partial charge in [-0.25, -0.2) is 0 Å². The molecule has 2 nitrogen and oxygen atoms in total. The Morgan fingerprint density at radius 1 is 0.267 bits per heavy atom. The fraction of sp³-hybridized carbons (Fsp3) is 0. The monoisotopic (exact) mass is 762 g/mol. The summed E-state index contributed by atoms with van der Waals surface area (Å²) < 4.78 is 2.38. The molecule has 0 atom stereocenters. The van der Waals surface area contributed by atoms with Gasteiger partial charge in [0, 0.05) is 33.5 Å². The highest BCUT2D eigenvalue weighted by Crippen LogP contribution is 2.47. The smallest absolute Gasteiger partial charge is 0.0541 e. The number of hydrogen-bond acceptors (Lipinski definition) is 1. The number of anilines is 3. The molecule has 12 rings (SSSR count). The molecule has 0 unspecified atom stereocenters. The summed E-state index contributed by atoms with van der Waals surface area (Å²) in [5, 5.41) is 12.4. The highest BCUT2D eigenvalue weighted by molar-refractivity contribution is 6.22. The van der Waals surface area contributed by atoms with E-state index in [1.54, 1.807) is 0 Å². The van der Waals surface area contributed by atoms with Crippen LogP contribution in [0.2, 0.25) is 0 Å². The van der Waals surface area contributed by atoms with Crippen LogP contribution in [0.25, 0.3) is 92.8 Å². The Morgan fingerprint density at radius 2 is 0.700 bits per heavy atom. The minimum atomic E-state index is 1.09. The maximum absolute atomic E-state index is 2.42. The van der Waals surface area contributed by atoms with Gasteiger partial charge in [-0.15, -0.1) is 0 Å². The van der Waals surface area contributed by atoms with Crippen LogP contribution in [0.3, 0.4) is 0 Å². The van der Waals surface area contributed by atoms with Crippen molar-refractivity contribution in [1.29, 1.82) is 0 Å². The second-order valence-corrected chi connectivity index (χ2v) is 15.7. The van der Waals surface area contributed by atoms with Gasteiger partial charge in [-0.3, -0.25) is 0 Å². The van der Waals surface area contributed by atoms with Crippen molar-refractivity contribution in [2.75, 3.05) is 4.90 Å². The molecule has 0 N–H and O–H groups in total. The van der Waals surface area contributed by atoms with Gasteiger partial charge in [-0.05, 0) is 138 Å². The predicted octanol–water partition coefficient (Wildman–Crippen LogP) is 16.2.